The van der Waals surface area contributed by atoms with E-state index in [1.165, 1.54) is 0 Å². The van der Waals surface area contributed by atoms with Crippen LogP contribution in [0.2, 0.25) is 5.02 Å². The number of nitrogens with one attached hydrogen (secondary N) is 1. The van der Waals surface area contributed by atoms with E-state index in [-0.39, 0.29) is 0 Å². The molecule has 2 aromatic carbocycles. The maximum atomic E-state index is 6.01. The monoisotopic (exact) mass is 381 g/mol. The highest BCUT2D eigenvalue weighted by molar-refractivity contribution is 9.10. The van der Waals surface area contributed by atoms with Gasteiger partial charge in [-0.3, -0.25) is 0 Å². The molecule has 0 saturated heterocycles. The van der Waals surface area contributed by atoms with Crippen LogP contribution in [0.1, 0.15) is 31.4 Å². The molecule has 0 radical (unpaired) electrons. The largest absolute Gasteiger partial charge is 0.489 e. The van der Waals surface area contributed by atoms with E-state index < -0.39 is 0 Å². The van der Waals surface area contributed by atoms with Crippen molar-refractivity contribution >= 4 is 27.5 Å². The summed E-state index contributed by atoms with van der Waals surface area (Å²) < 4.78 is 7.04. The van der Waals surface area contributed by atoms with Crippen molar-refractivity contribution in [3.8, 4) is 5.75 Å². The second-order valence-electron chi connectivity index (χ2n) is 5.36. The summed E-state index contributed by atoms with van der Waals surface area (Å²) in [6.45, 7) is 5.66. The van der Waals surface area contributed by atoms with Gasteiger partial charge in [0.15, 0.2) is 0 Å². The van der Waals surface area contributed by atoms with E-state index in [4.69, 9.17) is 16.3 Å². The Morgan fingerprint density at radius 2 is 2.05 bits per heavy atom. The second-order valence-corrected chi connectivity index (χ2v) is 6.71. The van der Waals surface area contributed by atoms with Crippen LogP contribution in [-0.2, 0) is 13.2 Å². The smallest absolute Gasteiger partial charge is 0.124 e. The average Bonchev–Trinajstić information content (AvgIpc) is 2.51. The lowest BCUT2D eigenvalue weighted by Gasteiger charge is -2.15. The molecule has 22 heavy (non-hydrogen) atoms. The first-order chi connectivity index (χ1) is 10.6. The number of rotatable bonds is 7. The Hall–Kier alpha value is -1.03. The summed E-state index contributed by atoms with van der Waals surface area (Å²) in [6, 6.07) is 14.3. The highest BCUT2D eigenvalue weighted by Crippen LogP contribution is 2.24. The molecule has 2 rings (SSSR count). The van der Waals surface area contributed by atoms with Crippen molar-refractivity contribution in [2.75, 3.05) is 0 Å². The summed E-state index contributed by atoms with van der Waals surface area (Å²) in [6.07, 6.45) is 1.10. The molecule has 2 aromatic rings. The van der Waals surface area contributed by atoms with Crippen molar-refractivity contribution < 1.29 is 4.74 Å². The van der Waals surface area contributed by atoms with Gasteiger partial charge >= 0.3 is 0 Å². The third kappa shape index (κ3) is 5.31. The first kappa shape index (κ1) is 17.3. The van der Waals surface area contributed by atoms with Gasteiger partial charge in [-0.05, 0) is 49.2 Å². The van der Waals surface area contributed by atoms with Gasteiger partial charge < -0.3 is 10.1 Å². The third-order valence-corrected chi connectivity index (χ3v) is 4.29. The molecule has 0 aromatic heterocycles. The molecule has 1 atom stereocenters. The van der Waals surface area contributed by atoms with Crippen molar-refractivity contribution in [1.29, 1.82) is 0 Å². The highest BCUT2D eigenvalue weighted by atomic mass is 79.9. The van der Waals surface area contributed by atoms with Gasteiger partial charge in [-0.1, -0.05) is 46.6 Å². The molecule has 1 N–H and O–H groups in total. The molecule has 4 heteroatoms. The van der Waals surface area contributed by atoms with Crippen LogP contribution in [-0.4, -0.2) is 6.04 Å². The van der Waals surface area contributed by atoms with Crippen molar-refractivity contribution in [2.24, 2.45) is 0 Å². The van der Waals surface area contributed by atoms with E-state index in [0.717, 1.165) is 39.3 Å². The summed E-state index contributed by atoms with van der Waals surface area (Å²) in [7, 11) is 0. The zero-order valence-electron chi connectivity index (χ0n) is 12.9. The fourth-order valence-corrected chi connectivity index (χ4v) is 2.66. The van der Waals surface area contributed by atoms with Crippen LogP contribution in [0.5, 0.6) is 5.75 Å². The van der Waals surface area contributed by atoms with Crippen molar-refractivity contribution in [3.05, 3.63) is 63.1 Å². The highest BCUT2D eigenvalue weighted by Gasteiger charge is 2.07. The topological polar surface area (TPSA) is 21.3 Å². The minimum Gasteiger partial charge on any atom is -0.489 e. The third-order valence-electron chi connectivity index (χ3n) is 3.56. The Kier molecular flexibility index (Phi) is 6.74. The lowest BCUT2D eigenvalue weighted by Crippen LogP contribution is -2.24. The first-order valence-electron chi connectivity index (χ1n) is 7.47. The summed E-state index contributed by atoms with van der Waals surface area (Å²) in [4.78, 5) is 0. The molecule has 1 unspecified atom stereocenters. The van der Waals surface area contributed by atoms with Crippen molar-refractivity contribution in [2.45, 2.75) is 39.5 Å². The maximum absolute atomic E-state index is 6.01. The molecule has 0 saturated carbocycles. The molecule has 0 amide bonds. The molecule has 0 aliphatic heterocycles. The fourth-order valence-electron chi connectivity index (χ4n) is 2.04. The lowest BCUT2D eigenvalue weighted by atomic mass is 10.1. The SMILES string of the molecule is CCC(C)NCc1cc(Br)ccc1OCc1cccc(Cl)c1. The van der Waals surface area contributed by atoms with Crippen molar-refractivity contribution in [3.63, 3.8) is 0 Å². The van der Waals surface area contributed by atoms with E-state index in [1.54, 1.807) is 0 Å². The minimum atomic E-state index is 0.486. The molecule has 0 spiro atoms. The van der Waals surface area contributed by atoms with Crippen molar-refractivity contribution in [1.82, 2.24) is 5.32 Å². The summed E-state index contributed by atoms with van der Waals surface area (Å²) in [5.74, 6) is 0.902. The number of ether oxygens (including phenoxy) is 1. The van der Waals surface area contributed by atoms with Crippen LogP contribution in [0.15, 0.2) is 46.9 Å². The summed E-state index contributed by atoms with van der Waals surface area (Å²) >= 11 is 9.53. The summed E-state index contributed by atoms with van der Waals surface area (Å²) in [5.41, 5.74) is 2.22. The van der Waals surface area contributed by atoms with E-state index in [0.29, 0.717) is 12.6 Å². The van der Waals surface area contributed by atoms with Gasteiger partial charge in [-0.15, -0.1) is 0 Å². The van der Waals surface area contributed by atoms with Gasteiger partial charge in [0.1, 0.15) is 12.4 Å². The predicted octanol–water partition coefficient (Wildman–Crippen LogP) is 5.57. The van der Waals surface area contributed by atoms with Gasteiger partial charge in [0, 0.05) is 27.6 Å². The molecule has 0 fully saturated rings. The van der Waals surface area contributed by atoms with Gasteiger partial charge in [-0.25, -0.2) is 0 Å². The standard InChI is InChI=1S/C18H21BrClNO/c1-3-13(2)21-11-15-10-16(19)7-8-18(15)22-12-14-5-4-6-17(20)9-14/h4-10,13,21H,3,11-12H2,1-2H3. The zero-order chi connectivity index (χ0) is 15.9. The first-order valence-corrected chi connectivity index (χ1v) is 8.64. The second kappa shape index (κ2) is 8.56. The van der Waals surface area contributed by atoms with Gasteiger partial charge in [0.25, 0.3) is 0 Å². The van der Waals surface area contributed by atoms with Crippen LogP contribution in [0, 0.1) is 0 Å². The number of halogens is 2. The van der Waals surface area contributed by atoms with Crippen LogP contribution >= 0.6 is 27.5 Å². The van der Waals surface area contributed by atoms with Crippen LogP contribution in [0.4, 0.5) is 0 Å². The lowest BCUT2D eigenvalue weighted by molar-refractivity contribution is 0.301. The Balaban J connectivity index is 2.06. The average molecular weight is 383 g/mol. The van der Waals surface area contributed by atoms with E-state index in [9.17, 15) is 0 Å². The van der Waals surface area contributed by atoms with E-state index >= 15 is 0 Å². The predicted molar refractivity (Wildman–Crippen MR) is 96.5 cm³/mol. The number of hydrogen-bond acceptors (Lipinski definition) is 2. The molecular weight excluding hydrogens is 362 g/mol. The molecule has 118 valence electrons. The van der Waals surface area contributed by atoms with Crippen LogP contribution < -0.4 is 10.1 Å². The van der Waals surface area contributed by atoms with Gasteiger partial charge in [0.05, 0.1) is 0 Å². The molecule has 0 heterocycles. The zero-order valence-corrected chi connectivity index (χ0v) is 15.2. The van der Waals surface area contributed by atoms with Gasteiger partial charge in [0.2, 0.25) is 0 Å². The van der Waals surface area contributed by atoms with Crippen LogP contribution in [0.3, 0.4) is 0 Å². The van der Waals surface area contributed by atoms with Crippen LogP contribution in [0.25, 0.3) is 0 Å². The molecular formula is C18H21BrClNO. The fraction of sp³-hybridized carbons (Fsp3) is 0.333. The Labute approximate surface area is 146 Å². The number of hydrogen-bond donors (Lipinski definition) is 1. The maximum Gasteiger partial charge on any atom is 0.124 e. The molecule has 0 aliphatic carbocycles. The Morgan fingerprint density at radius 1 is 1.23 bits per heavy atom. The molecule has 0 aliphatic rings. The Morgan fingerprint density at radius 3 is 2.77 bits per heavy atom. The number of benzene rings is 2. The minimum absolute atomic E-state index is 0.486. The van der Waals surface area contributed by atoms with E-state index in [1.807, 2.05) is 36.4 Å². The summed E-state index contributed by atoms with van der Waals surface area (Å²) in [5, 5.41) is 4.23. The van der Waals surface area contributed by atoms with E-state index in [2.05, 4.69) is 41.2 Å². The molecule has 0 bridgehead atoms. The van der Waals surface area contributed by atoms with Gasteiger partial charge in [-0.2, -0.15) is 0 Å². The normalized spacial score (nSPS) is 12.2. The Bertz CT molecular complexity index is 618. The quantitative estimate of drug-likeness (QED) is 0.676. The molecule has 2 nitrogen and oxygen atoms in total.